The molecule has 0 aromatic carbocycles. The molecule has 3 nitrogen and oxygen atoms in total. The molecule has 1 aromatic heterocycles. The molecule has 84 valence electrons. The van der Waals surface area contributed by atoms with Crippen molar-refractivity contribution in [2.75, 3.05) is 7.05 Å². The minimum Gasteiger partial charge on any atom is -0.312 e. The molecule has 0 aliphatic rings. The van der Waals surface area contributed by atoms with Crippen molar-refractivity contribution in [3.63, 3.8) is 0 Å². The summed E-state index contributed by atoms with van der Waals surface area (Å²) in [5.74, 6) is 0. The van der Waals surface area contributed by atoms with Crippen molar-refractivity contribution < 1.29 is 0 Å². The highest BCUT2D eigenvalue weighted by molar-refractivity contribution is 5.14. The van der Waals surface area contributed by atoms with Crippen molar-refractivity contribution in [2.45, 2.75) is 32.2 Å². The third-order valence-corrected chi connectivity index (χ3v) is 2.69. The van der Waals surface area contributed by atoms with Gasteiger partial charge in [0.15, 0.2) is 0 Å². The van der Waals surface area contributed by atoms with Crippen LogP contribution in [0.1, 0.15) is 37.2 Å². The van der Waals surface area contributed by atoms with E-state index in [4.69, 9.17) is 0 Å². The number of allylic oxidation sites excluding steroid dienone is 1. The molecule has 0 radical (unpaired) electrons. The maximum atomic E-state index is 4.46. The molecular weight excluding hydrogens is 186 g/mol. The van der Waals surface area contributed by atoms with Crippen LogP contribution in [-0.2, 0) is 13.5 Å². The Kier molecular flexibility index (Phi) is 4.56. The van der Waals surface area contributed by atoms with Crippen LogP contribution >= 0.6 is 0 Å². The van der Waals surface area contributed by atoms with Gasteiger partial charge in [0.05, 0.1) is 11.4 Å². The molecule has 1 heterocycles. The summed E-state index contributed by atoms with van der Waals surface area (Å²) in [6.45, 7) is 5.88. The first-order chi connectivity index (χ1) is 7.22. The van der Waals surface area contributed by atoms with Gasteiger partial charge in [-0.1, -0.05) is 13.0 Å². The summed E-state index contributed by atoms with van der Waals surface area (Å²) in [5, 5.41) is 7.78. The second-order valence-corrected chi connectivity index (χ2v) is 3.74. The largest absolute Gasteiger partial charge is 0.312 e. The number of hydrogen-bond acceptors (Lipinski definition) is 2. The van der Waals surface area contributed by atoms with Crippen LogP contribution in [-0.4, -0.2) is 16.8 Å². The van der Waals surface area contributed by atoms with Gasteiger partial charge < -0.3 is 5.32 Å². The lowest BCUT2D eigenvalue weighted by Gasteiger charge is -2.15. The highest BCUT2D eigenvalue weighted by Crippen LogP contribution is 2.18. The van der Waals surface area contributed by atoms with Gasteiger partial charge in [-0.15, -0.1) is 6.58 Å². The molecule has 1 rings (SSSR count). The van der Waals surface area contributed by atoms with E-state index in [1.54, 1.807) is 0 Å². The summed E-state index contributed by atoms with van der Waals surface area (Å²) in [7, 11) is 4.00. The van der Waals surface area contributed by atoms with E-state index < -0.39 is 0 Å². The lowest BCUT2D eigenvalue weighted by molar-refractivity contribution is 0.510. The van der Waals surface area contributed by atoms with Gasteiger partial charge in [-0.25, -0.2) is 0 Å². The van der Waals surface area contributed by atoms with Crippen molar-refractivity contribution in [1.29, 1.82) is 0 Å². The summed E-state index contributed by atoms with van der Waals surface area (Å²) < 4.78 is 1.98. The molecule has 0 bridgehead atoms. The second kappa shape index (κ2) is 5.71. The molecule has 0 saturated carbocycles. The normalized spacial score (nSPS) is 12.7. The zero-order valence-electron chi connectivity index (χ0n) is 9.95. The molecule has 1 N–H and O–H groups in total. The molecule has 0 aliphatic carbocycles. The van der Waals surface area contributed by atoms with E-state index >= 15 is 0 Å². The smallest absolute Gasteiger partial charge is 0.0625 e. The lowest BCUT2D eigenvalue weighted by atomic mass is 10.1. The minimum absolute atomic E-state index is 0.376. The van der Waals surface area contributed by atoms with Crippen LogP contribution < -0.4 is 5.32 Å². The SMILES string of the molecule is C=CCCC(NC)c1cc(CC)nn1C. The lowest BCUT2D eigenvalue weighted by Crippen LogP contribution is -2.19. The number of nitrogens with zero attached hydrogens (tertiary/aromatic N) is 2. The van der Waals surface area contributed by atoms with E-state index in [1.165, 1.54) is 5.69 Å². The van der Waals surface area contributed by atoms with Crippen LogP contribution in [0.3, 0.4) is 0 Å². The number of nitrogens with one attached hydrogen (secondary N) is 1. The number of hydrogen-bond donors (Lipinski definition) is 1. The van der Waals surface area contributed by atoms with Gasteiger partial charge in [-0.05, 0) is 32.4 Å². The Morgan fingerprint density at radius 3 is 2.87 bits per heavy atom. The number of aromatic nitrogens is 2. The topological polar surface area (TPSA) is 29.9 Å². The van der Waals surface area contributed by atoms with Gasteiger partial charge in [0.2, 0.25) is 0 Å². The monoisotopic (exact) mass is 207 g/mol. The molecule has 0 aliphatic heterocycles. The van der Waals surface area contributed by atoms with Crippen LogP contribution in [0.25, 0.3) is 0 Å². The van der Waals surface area contributed by atoms with Crippen molar-refractivity contribution in [3.8, 4) is 0 Å². The predicted molar refractivity (Wildman–Crippen MR) is 63.8 cm³/mol. The van der Waals surface area contributed by atoms with Gasteiger partial charge in [-0.3, -0.25) is 4.68 Å². The summed E-state index contributed by atoms with van der Waals surface area (Å²) in [6, 6.07) is 2.56. The van der Waals surface area contributed by atoms with Crippen LogP contribution in [0.2, 0.25) is 0 Å². The predicted octanol–water partition coefficient (Wildman–Crippen LogP) is 2.21. The third-order valence-electron chi connectivity index (χ3n) is 2.69. The molecule has 0 saturated heterocycles. The van der Waals surface area contributed by atoms with Gasteiger partial charge in [0, 0.05) is 13.1 Å². The van der Waals surface area contributed by atoms with Crippen LogP contribution in [0.5, 0.6) is 0 Å². The Hall–Kier alpha value is -1.09. The fourth-order valence-corrected chi connectivity index (χ4v) is 1.77. The third kappa shape index (κ3) is 2.93. The Labute approximate surface area is 92.2 Å². The Balaban J connectivity index is 2.80. The van der Waals surface area contributed by atoms with Crippen LogP contribution in [0, 0.1) is 0 Å². The van der Waals surface area contributed by atoms with E-state index in [0.717, 1.165) is 25.0 Å². The molecule has 0 amide bonds. The van der Waals surface area contributed by atoms with Gasteiger partial charge >= 0.3 is 0 Å². The fraction of sp³-hybridized carbons (Fsp3) is 0.583. The minimum atomic E-state index is 0.376. The van der Waals surface area contributed by atoms with Gasteiger partial charge in [0.25, 0.3) is 0 Å². The molecule has 3 heteroatoms. The average Bonchev–Trinajstić information content (AvgIpc) is 2.61. The molecular formula is C12H21N3. The maximum absolute atomic E-state index is 4.46. The molecule has 1 unspecified atom stereocenters. The summed E-state index contributed by atoms with van der Waals surface area (Å²) in [5.41, 5.74) is 2.42. The summed E-state index contributed by atoms with van der Waals surface area (Å²) in [4.78, 5) is 0. The van der Waals surface area contributed by atoms with Crippen molar-refractivity contribution >= 4 is 0 Å². The van der Waals surface area contributed by atoms with Crippen LogP contribution in [0.4, 0.5) is 0 Å². The Morgan fingerprint density at radius 2 is 2.40 bits per heavy atom. The van der Waals surface area contributed by atoms with E-state index in [1.807, 2.05) is 24.9 Å². The van der Waals surface area contributed by atoms with Crippen molar-refractivity contribution in [3.05, 3.63) is 30.1 Å². The van der Waals surface area contributed by atoms with Gasteiger partial charge in [0.1, 0.15) is 0 Å². The molecule has 15 heavy (non-hydrogen) atoms. The molecule has 0 fully saturated rings. The van der Waals surface area contributed by atoms with Crippen molar-refractivity contribution in [1.82, 2.24) is 15.1 Å². The van der Waals surface area contributed by atoms with E-state index in [9.17, 15) is 0 Å². The van der Waals surface area contributed by atoms with Gasteiger partial charge in [-0.2, -0.15) is 5.10 Å². The maximum Gasteiger partial charge on any atom is 0.0625 e. The average molecular weight is 207 g/mol. The van der Waals surface area contributed by atoms with E-state index in [2.05, 4.69) is 30.0 Å². The number of aryl methyl sites for hydroxylation is 2. The first kappa shape index (κ1) is 12.0. The second-order valence-electron chi connectivity index (χ2n) is 3.74. The highest BCUT2D eigenvalue weighted by atomic mass is 15.3. The molecule has 1 atom stereocenters. The zero-order valence-corrected chi connectivity index (χ0v) is 9.95. The Bertz CT molecular complexity index is 315. The fourth-order valence-electron chi connectivity index (χ4n) is 1.77. The molecule has 0 spiro atoms. The highest BCUT2D eigenvalue weighted by Gasteiger charge is 2.13. The Morgan fingerprint density at radius 1 is 1.67 bits per heavy atom. The van der Waals surface area contributed by atoms with E-state index in [0.29, 0.717) is 6.04 Å². The summed E-state index contributed by atoms with van der Waals surface area (Å²) >= 11 is 0. The standard InChI is InChI=1S/C12H21N3/c1-5-7-8-11(13-3)12-9-10(6-2)14-15(12)4/h5,9,11,13H,1,6-8H2,2-4H3. The van der Waals surface area contributed by atoms with Crippen molar-refractivity contribution in [2.24, 2.45) is 7.05 Å². The first-order valence-corrected chi connectivity index (χ1v) is 5.53. The quantitative estimate of drug-likeness (QED) is 0.725. The van der Waals surface area contributed by atoms with E-state index in [-0.39, 0.29) is 0 Å². The zero-order chi connectivity index (χ0) is 11.3. The first-order valence-electron chi connectivity index (χ1n) is 5.53. The summed E-state index contributed by atoms with van der Waals surface area (Å²) in [6.07, 6.45) is 5.05. The molecule has 1 aromatic rings. The van der Waals surface area contributed by atoms with Crippen LogP contribution in [0.15, 0.2) is 18.7 Å². The number of rotatable bonds is 6.